The van der Waals surface area contributed by atoms with E-state index in [0.29, 0.717) is 22.6 Å². The number of azide groups is 2. The van der Waals surface area contributed by atoms with Crippen LogP contribution in [0.25, 0.3) is 20.9 Å². The van der Waals surface area contributed by atoms with Gasteiger partial charge in [0.1, 0.15) is 0 Å². The molecule has 46 heavy (non-hydrogen) atoms. The topological polar surface area (TPSA) is 242 Å². The third-order valence-corrected chi connectivity index (χ3v) is 6.03. The lowest BCUT2D eigenvalue weighted by atomic mass is 10.1. The predicted molar refractivity (Wildman–Crippen MR) is 180 cm³/mol. The minimum Gasteiger partial charge on any atom is -0.399 e. The molecular weight excluding hydrogens is 635 g/mol. The van der Waals surface area contributed by atoms with Gasteiger partial charge in [0, 0.05) is 73.2 Å². The quantitative estimate of drug-likeness (QED) is 0.0358. The molecule has 6 N–H and O–H groups in total. The van der Waals surface area contributed by atoms with Gasteiger partial charge in [-0.1, -0.05) is 22.4 Å². The molecule has 0 unspecified atom stereocenters. The first kappa shape index (κ1) is 36.2. The van der Waals surface area contributed by atoms with Crippen molar-refractivity contribution in [3.8, 4) is 0 Å². The number of hydrogen-bond donors (Lipinski definition) is 4. The van der Waals surface area contributed by atoms with Crippen LogP contribution in [-0.4, -0.2) is 29.2 Å². The number of carbonyl (C=O) groups excluding carboxylic acids is 4. The summed E-state index contributed by atoms with van der Waals surface area (Å²) in [4.78, 5) is 50.8. The van der Waals surface area contributed by atoms with Crippen LogP contribution in [0.5, 0.6) is 0 Å². The number of ketones is 1. The molecule has 0 bridgehead atoms. The molecule has 0 spiro atoms. The fraction of sp³-hybridized carbons (Fsp3) is 0.0667. The number of nitrogens with zero attached hydrogens (tertiary/aromatic N) is 6. The van der Waals surface area contributed by atoms with E-state index in [1.807, 2.05) is 12.1 Å². The summed E-state index contributed by atoms with van der Waals surface area (Å²) in [7, 11) is 1.78. The molecular formula is C30H26Cl2N10O4. The first-order chi connectivity index (χ1) is 21.9. The second-order valence-corrected chi connectivity index (χ2v) is 9.66. The third kappa shape index (κ3) is 11.9. The molecule has 0 saturated heterocycles. The van der Waals surface area contributed by atoms with Crippen LogP contribution in [0.1, 0.15) is 48.4 Å². The summed E-state index contributed by atoms with van der Waals surface area (Å²) < 4.78 is 0. The Kier molecular flexibility index (Phi) is 14.1. The zero-order chi connectivity index (χ0) is 34.2. The van der Waals surface area contributed by atoms with Gasteiger partial charge in [0.05, 0.1) is 0 Å². The number of anilines is 4. The number of carbonyl (C=O) groups is 4. The van der Waals surface area contributed by atoms with Gasteiger partial charge in [0.25, 0.3) is 16.4 Å². The van der Waals surface area contributed by atoms with Gasteiger partial charge in [-0.25, -0.2) is 0 Å². The summed E-state index contributed by atoms with van der Waals surface area (Å²) in [6.07, 6.45) is 0. The second-order valence-electron chi connectivity index (χ2n) is 8.97. The number of halogens is 2. The van der Waals surface area contributed by atoms with E-state index >= 15 is 0 Å². The molecule has 0 aromatic heterocycles. The van der Waals surface area contributed by atoms with Gasteiger partial charge in [-0.15, -0.1) is 0 Å². The zero-order valence-electron chi connectivity index (χ0n) is 24.3. The summed E-state index contributed by atoms with van der Waals surface area (Å²) in [5.41, 5.74) is 31.4. The first-order valence-corrected chi connectivity index (χ1v) is 13.6. The highest BCUT2D eigenvalue weighted by Gasteiger charge is 2.12. The van der Waals surface area contributed by atoms with Crippen LogP contribution in [0.4, 0.5) is 34.1 Å². The largest absolute Gasteiger partial charge is 0.399 e. The zero-order valence-corrected chi connectivity index (χ0v) is 25.8. The highest BCUT2D eigenvalue weighted by molar-refractivity contribution is 6.69. The molecule has 0 aliphatic carbocycles. The Balaban J connectivity index is 0.000000272. The maximum absolute atomic E-state index is 12.4. The number of nitrogens with two attached hydrogens (primary N) is 2. The van der Waals surface area contributed by atoms with Crippen LogP contribution in [-0.2, 0) is 0 Å². The van der Waals surface area contributed by atoms with Crippen LogP contribution in [0, 0.1) is 0 Å². The van der Waals surface area contributed by atoms with Crippen LogP contribution in [0.2, 0.25) is 0 Å². The number of nitrogen functional groups attached to an aromatic ring is 2. The van der Waals surface area contributed by atoms with Gasteiger partial charge in [-0.3, -0.25) is 19.2 Å². The number of rotatable bonds is 8. The van der Waals surface area contributed by atoms with Crippen molar-refractivity contribution >= 4 is 79.5 Å². The molecule has 16 heteroatoms. The monoisotopic (exact) mass is 660 g/mol. The molecule has 0 aliphatic rings. The van der Waals surface area contributed by atoms with E-state index < -0.39 is 16.4 Å². The van der Waals surface area contributed by atoms with Gasteiger partial charge < -0.3 is 22.1 Å². The number of Topliss-reactive ketones (excluding diaryl/α,β-unsaturated/α-hetero) is 1. The van der Waals surface area contributed by atoms with E-state index in [1.54, 1.807) is 43.4 Å². The van der Waals surface area contributed by atoms with Crippen LogP contribution in [0.15, 0.2) is 95.2 Å². The standard InChI is InChI=1S/C16H15N5O2.C8H3Cl2N3O2.C6H8N2/c1-10(22)11-6-12(8-15(7-11)20-21-17)16(23)19-14-5-3-4-13(9-14)18-2;9-7(14)4-1-5(8(10)15)3-6(2-4)12-13-11;7-5-2-1-3-6(8)4-5/h3-9,18H,1-2H3,(H,19,23);1-3H;1-4H,7-8H2. The highest BCUT2D eigenvalue weighted by atomic mass is 35.5. The van der Waals surface area contributed by atoms with Crippen LogP contribution < -0.4 is 22.1 Å². The Labute approximate surface area is 272 Å². The summed E-state index contributed by atoms with van der Waals surface area (Å²) in [5, 5.41) is 10.9. The van der Waals surface area contributed by atoms with Crippen LogP contribution in [0.3, 0.4) is 0 Å². The Morgan fingerprint density at radius 1 is 0.674 bits per heavy atom. The molecule has 4 aromatic rings. The van der Waals surface area contributed by atoms with Gasteiger partial charge in [-0.05, 0) is 114 Å². The van der Waals surface area contributed by atoms with Crippen molar-refractivity contribution in [2.75, 3.05) is 29.1 Å². The van der Waals surface area contributed by atoms with Crippen molar-refractivity contribution in [2.45, 2.75) is 6.92 Å². The Hall–Kier alpha value is -6.04. The van der Waals surface area contributed by atoms with Crippen molar-refractivity contribution in [3.05, 3.63) is 128 Å². The smallest absolute Gasteiger partial charge is 0.255 e. The lowest BCUT2D eigenvalue weighted by Crippen LogP contribution is -2.12. The van der Waals surface area contributed by atoms with Gasteiger partial charge in [-0.2, -0.15) is 0 Å². The molecule has 0 fully saturated rings. The Morgan fingerprint density at radius 3 is 1.57 bits per heavy atom. The van der Waals surface area contributed by atoms with Crippen LogP contribution >= 0.6 is 23.2 Å². The van der Waals surface area contributed by atoms with E-state index in [2.05, 4.69) is 30.7 Å². The minimum atomic E-state index is -0.760. The van der Waals surface area contributed by atoms with Gasteiger partial charge >= 0.3 is 0 Å². The fourth-order valence-corrected chi connectivity index (χ4v) is 3.74. The average molecular weight is 662 g/mol. The molecule has 0 atom stereocenters. The van der Waals surface area contributed by atoms with Gasteiger partial charge in [0.2, 0.25) is 0 Å². The predicted octanol–water partition coefficient (Wildman–Crippen LogP) is 8.36. The lowest BCUT2D eigenvalue weighted by molar-refractivity contribution is 0.101. The second kappa shape index (κ2) is 17.9. The van der Waals surface area contributed by atoms with E-state index in [1.165, 1.54) is 43.3 Å². The number of nitrogens with one attached hydrogen (secondary N) is 2. The molecule has 14 nitrogen and oxygen atoms in total. The Morgan fingerprint density at radius 2 is 1.13 bits per heavy atom. The van der Waals surface area contributed by atoms with Crippen molar-refractivity contribution in [1.29, 1.82) is 0 Å². The van der Waals surface area contributed by atoms with E-state index in [-0.39, 0.29) is 33.8 Å². The number of benzene rings is 4. The minimum absolute atomic E-state index is 0.0468. The molecule has 4 aromatic carbocycles. The fourth-order valence-electron chi connectivity index (χ4n) is 3.52. The summed E-state index contributed by atoms with van der Waals surface area (Å²) in [5.74, 6) is -0.609. The van der Waals surface area contributed by atoms with E-state index in [0.717, 1.165) is 5.69 Å². The molecule has 0 aliphatic heterocycles. The van der Waals surface area contributed by atoms with Crippen molar-refractivity contribution in [2.24, 2.45) is 10.2 Å². The van der Waals surface area contributed by atoms with E-state index in [4.69, 9.17) is 45.7 Å². The van der Waals surface area contributed by atoms with Crippen molar-refractivity contribution < 1.29 is 19.2 Å². The summed E-state index contributed by atoms with van der Waals surface area (Å²) in [6.45, 7) is 1.38. The number of hydrogen-bond acceptors (Lipinski definition) is 9. The summed E-state index contributed by atoms with van der Waals surface area (Å²) >= 11 is 10.4. The molecule has 0 saturated carbocycles. The molecule has 4 rings (SSSR count). The maximum Gasteiger partial charge on any atom is 0.255 e. The normalized spacial score (nSPS) is 9.39. The third-order valence-electron chi connectivity index (χ3n) is 5.60. The molecule has 0 heterocycles. The molecule has 0 radical (unpaired) electrons. The van der Waals surface area contributed by atoms with Crippen molar-refractivity contribution in [1.82, 2.24) is 0 Å². The number of amides is 1. The SMILES string of the molecule is CNc1cccc(NC(=O)c2cc(N=[N+]=[N-])cc(C(C)=O)c2)c1.Nc1cccc(N)c1.[N-]=[N+]=Nc1cc(C(=O)Cl)cc(C(=O)Cl)c1. The first-order valence-electron chi connectivity index (χ1n) is 12.9. The molecule has 1 amide bonds. The maximum atomic E-state index is 12.4. The lowest BCUT2D eigenvalue weighted by Gasteiger charge is -2.09. The molecule has 234 valence electrons. The van der Waals surface area contributed by atoms with Crippen molar-refractivity contribution in [3.63, 3.8) is 0 Å². The van der Waals surface area contributed by atoms with E-state index in [9.17, 15) is 19.2 Å². The Bertz CT molecular complexity index is 1770. The van der Waals surface area contributed by atoms with Gasteiger partial charge in [0.15, 0.2) is 5.78 Å². The highest BCUT2D eigenvalue weighted by Crippen LogP contribution is 2.22. The average Bonchev–Trinajstić information content (AvgIpc) is 3.01. The summed E-state index contributed by atoms with van der Waals surface area (Å²) in [6, 6.07) is 22.4.